The van der Waals surface area contributed by atoms with Gasteiger partial charge in [-0.2, -0.15) is 0 Å². The number of hydrogen-bond donors (Lipinski definition) is 1. The predicted molar refractivity (Wildman–Crippen MR) is 44.2 cm³/mol. The summed E-state index contributed by atoms with van der Waals surface area (Å²) in [4.78, 5) is 11.5. The number of rotatable bonds is 2. The number of aromatic nitrogens is 2. The number of aliphatic imine (C=N–C) groups is 1. The Balaban J connectivity index is 2.94. The first-order valence-corrected chi connectivity index (χ1v) is 3.05. The van der Waals surface area contributed by atoms with E-state index in [1.165, 1.54) is 18.6 Å². The summed E-state index contributed by atoms with van der Waals surface area (Å²) in [6, 6.07) is 0. The maximum Gasteiger partial charge on any atom is 0.150 e. The Morgan fingerprint density at radius 1 is 1.45 bits per heavy atom. The molecule has 0 saturated heterocycles. The standard InChI is InChI=1S/C7H8N4/c1-2-9-5-6-7(8)11-4-3-10-6/h2-5H,1H2,(H2,8,11). The topological polar surface area (TPSA) is 64.2 Å². The molecule has 0 aliphatic carbocycles. The molecule has 1 rings (SSSR count). The Kier molecular flexibility index (Phi) is 2.32. The Morgan fingerprint density at radius 2 is 2.18 bits per heavy atom. The number of nitrogen functional groups attached to an aromatic ring is 1. The zero-order valence-corrected chi connectivity index (χ0v) is 5.94. The van der Waals surface area contributed by atoms with E-state index in [9.17, 15) is 0 Å². The van der Waals surface area contributed by atoms with Crippen molar-refractivity contribution in [2.45, 2.75) is 0 Å². The van der Waals surface area contributed by atoms with Gasteiger partial charge in [-0.25, -0.2) is 9.97 Å². The Bertz CT molecular complexity index is 280. The van der Waals surface area contributed by atoms with Gasteiger partial charge in [0.2, 0.25) is 0 Å². The van der Waals surface area contributed by atoms with Gasteiger partial charge in [-0.05, 0) is 0 Å². The lowest BCUT2D eigenvalue weighted by atomic mass is 10.4. The molecule has 4 nitrogen and oxygen atoms in total. The molecule has 0 aromatic carbocycles. The van der Waals surface area contributed by atoms with Crippen LogP contribution in [0.25, 0.3) is 0 Å². The highest BCUT2D eigenvalue weighted by Crippen LogP contribution is 1.98. The van der Waals surface area contributed by atoms with Gasteiger partial charge in [0.25, 0.3) is 0 Å². The van der Waals surface area contributed by atoms with Crippen molar-refractivity contribution < 1.29 is 0 Å². The monoisotopic (exact) mass is 148 g/mol. The number of nitrogens with two attached hydrogens (primary N) is 1. The minimum atomic E-state index is 0.373. The first kappa shape index (κ1) is 7.40. The van der Waals surface area contributed by atoms with Crippen LogP contribution in [0.1, 0.15) is 5.69 Å². The molecule has 1 heterocycles. The van der Waals surface area contributed by atoms with Crippen LogP contribution in [0.15, 0.2) is 30.2 Å². The second-order valence-electron chi connectivity index (χ2n) is 1.79. The predicted octanol–water partition coefficient (Wildman–Crippen LogP) is 0.621. The van der Waals surface area contributed by atoms with Crippen molar-refractivity contribution in [2.24, 2.45) is 4.99 Å². The minimum Gasteiger partial charge on any atom is -0.382 e. The van der Waals surface area contributed by atoms with E-state index in [1.807, 2.05) is 0 Å². The van der Waals surface area contributed by atoms with E-state index in [4.69, 9.17) is 5.73 Å². The number of hydrogen-bond acceptors (Lipinski definition) is 4. The summed E-state index contributed by atoms with van der Waals surface area (Å²) < 4.78 is 0. The largest absolute Gasteiger partial charge is 0.382 e. The smallest absolute Gasteiger partial charge is 0.150 e. The van der Waals surface area contributed by atoms with Crippen molar-refractivity contribution in [2.75, 3.05) is 5.73 Å². The molecular weight excluding hydrogens is 140 g/mol. The molecule has 4 heteroatoms. The van der Waals surface area contributed by atoms with Gasteiger partial charge >= 0.3 is 0 Å². The summed E-state index contributed by atoms with van der Waals surface area (Å²) >= 11 is 0. The van der Waals surface area contributed by atoms with Gasteiger partial charge in [-0.1, -0.05) is 6.58 Å². The van der Waals surface area contributed by atoms with Crippen LogP contribution in [-0.4, -0.2) is 16.2 Å². The normalized spacial score (nSPS) is 10.2. The van der Waals surface area contributed by atoms with E-state index >= 15 is 0 Å². The van der Waals surface area contributed by atoms with Crippen molar-refractivity contribution in [3.63, 3.8) is 0 Å². The highest BCUT2D eigenvalue weighted by Gasteiger charge is 1.93. The van der Waals surface area contributed by atoms with Gasteiger partial charge in [-0.3, -0.25) is 4.99 Å². The van der Waals surface area contributed by atoms with E-state index in [2.05, 4.69) is 21.5 Å². The molecule has 11 heavy (non-hydrogen) atoms. The molecule has 0 saturated carbocycles. The second-order valence-corrected chi connectivity index (χ2v) is 1.79. The molecule has 0 aliphatic heterocycles. The molecule has 0 unspecified atom stereocenters. The third kappa shape index (κ3) is 1.86. The highest BCUT2D eigenvalue weighted by atomic mass is 14.9. The third-order valence-corrected chi connectivity index (χ3v) is 1.06. The molecule has 0 amide bonds. The third-order valence-electron chi connectivity index (χ3n) is 1.06. The molecule has 0 radical (unpaired) electrons. The molecular formula is C7H8N4. The summed E-state index contributed by atoms with van der Waals surface area (Å²) in [5.74, 6) is 0.373. The summed E-state index contributed by atoms with van der Waals surface area (Å²) in [7, 11) is 0. The molecule has 0 aliphatic rings. The summed E-state index contributed by atoms with van der Waals surface area (Å²) in [6.45, 7) is 3.42. The first-order valence-electron chi connectivity index (χ1n) is 3.05. The first-order chi connectivity index (χ1) is 5.34. The van der Waals surface area contributed by atoms with Crippen molar-refractivity contribution in [3.05, 3.63) is 30.9 Å². The van der Waals surface area contributed by atoms with Gasteiger partial charge in [-0.15, -0.1) is 0 Å². The lowest BCUT2D eigenvalue weighted by molar-refractivity contribution is 1.19. The van der Waals surface area contributed by atoms with Crippen molar-refractivity contribution in [1.82, 2.24) is 9.97 Å². The van der Waals surface area contributed by atoms with Crippen LogP contribution >= 0.6 is 0 Å². The zero-order valence-electron chi connectivity index (χ0n) is 5.94. The lowest BCUT2D eigenvalue weighted by Crippen LogP contribution is -1.98. The fraction of sp³-hybridized carbons (Fsp3) is 0. The molecule has 2 N–H and O–H groups in total. The SMILES string of the molecule is C=CN=Cc1nccnc1N. The van der Waals surface area contributed by atoms with Crippen molar-refractivity contribution in [3.8, 4) is 0 Å². The second kappa shape index (κ2) is 3.46. The van der Waals surface area contributed by atoms with Gasteiger partial charge in [0.15, 0.2) is 5.82 Å². The number of anilines is 1. The van der Waals surface area contributed by atoms with E-state index in [0.29, 0.717) is 11.5 Å². The van der Waals surface area contributed by atoms with Crippen molar-refractivity contribution in [1.29, 1.82) is 0 Å². The van der Waals surface area contributed by atoms with Crippen LogP contribution < -0.4 is 5.73 Å². The Morgan fingerprint density at radius 3 is 2.82 bits per heavy atom. The van der Waals surface area contributed by atoms with E-state index in [0.717, 1.165) is 0 Å². The Labute approximate surface area is 64.5 Å². The van der Waals surface area contributed by atoms with Crippen LogP contribution in [-0.2, 0) is 0 Å². The highest BCUT2D eigenvalue weighted by molar-refractivity contribution is 5.82. The van der Waals surface area contributed by atoms with Crippen LogP contribution in [0.3, 0.4) is 0 Å². The average molecular weight is 148 g/mol. The van der Waals surface area contributed by atoms with Gasteiger partial charge < -0.3 is 5.73 Å². The average Bonchev–Trinajstić information content (AvgIpc) is 2.03. The van der Waals surface area contributed by atoms with Gasteiger partial charge in [0.1, 0.15) is 5.69 Å². The van der Waals surface area contributed by atoms with E-state index in [-0.39, 0.29) is 0 Å². The fourth-order valence-electron chi connectivity index (χ4n) is 0.582. The van der Waals surface area contributed by atoms with Gasteiger partial charge in [0, 0.05) is 18.6 Å². The zero-order chi connectivity index (χ0) is 8.10. The summed E-state index contributed by atoms with van der Waals surface area (Å²) in [5, 5.41) is 0. The fourth-order valence-corrected chi connectivity index (χ4v) is 0.582. The van der Waals surface area contributed by atoms with Gasteiger partial charge in [0.05, 0.1) is 6.21 Å². The van der Waals surface area contributed by atoms with Crippen LogP contribution in [0.4, 0.5) is 5.82 Å². The maximum atomic E-state index is 5.46. The molecule has 1 aromatic rings. The van der Waals surface area contributed by atoms with E-state index < -0.39 is 0 Å². The van der Waals surface area contributed by atoms with E-state index in [1.54, 1.807) is 6.20 Å². The van der Waals surface area contributed by atoms with Crippen LogP contribution in [0, 0.1) is 0 Å². The number of nitrogens with zero attached hydrogens (tertiary/aromatic N) is 3. The molecule has 0 bridgehead atoms. The lowest BCUT2D eigenvalue weighted by Gasteiger charge is -1.93. The van der Waals surface area contributed by atoms with Crippen LogP contribution in [0.5, 0.6) is 0 Å². The Hall–Kier alpha value is -1.71. The maximum absolute atomic E-state index is 5.46. The van der Waals surface area contributed by atoms with Crippen LogP contribution in [0.2, 0.25) is 0 Å². The molecule has 0 atom stereocenters. The minimum absolute atomic E-state index is 0.373. The quantitative estimate of drug-likeness (QED) is 0.625. The molecule has 0 spiro atoms. The molecule has 1 aromatic heterocycles. The van der Waals surface area contributed by atoms with Crippen molar-refractivity contribution >= 4 is 12.0 Å². The molecule has 56 valence electrons. The summed E-state index contributed by atoms with van der Waals surface area (Å²) in [6.07, 6.45) is 6.00. The summed E-state index contributed by atoms with van der Waals surface area (Å²) in [5.41, 5.74) is 6.02. The molecule has 0 fully saturated rings.